The van der Waals surface area contributed by atoms with Crippen molar-refractivity contribution in [1.82, 2.24) is 4.90 Å². The van der Waals surface area contributed by atoms with Gasteiger partial charge in [0, 0.05) is 11.5 Å². The van der Waals surface area contributed by atoms with Crippen LogP contribution in [0.4, 0.5) is 0 Å². The fourth-order valence-electron chi connectivity index (χ4n) is 2.36. The zero-order chi connectivity index (χ0) is 11.4. The number of amides is 1. The standard InChI is InChI=1S/C11H17NO3/c1-11(2,3)10(15)12-7-4-6(7)5-8(12)9(13)14/h6-8H,4-5H2,1-3H3,(H,13,14)/t6-,7-,8-/m1/s1. The van der Waals surface area contributed by atoms with Crippen LogP contribution in [0.15, 0.2) is 0 Å². The molecule has 0 aromatic rings. The van der Waals surface area contributed by atoms with Crippen molar-refractivity contribution in [3.63, 3.8) is 0 Å². The molecule has 0 aromatic carbocycles. The number of aliphatic carboxylic acids is 1. The molecule has 3 atom stereocenters. The van der Waals surface area contributed by atoms with Crippen molar-refractivity contribution in [2.75, 3.05) is 0 Å². The second-order valence-electron chi connectivity index (χ2n) is 5.62. The van der Waals surface area contributed by atoms with E-state index in [1.54, 1.807) is 4.90 Å². The van der Waals surface area contributed by atoms with Gasteiger partial charge in [-0.3, -0.25) is 4.79 Å². The van der Waals surface area contributed by atoms with E-state index < -0.39 is 17.4 Å². The van der Waals surface area contributed by atoms with E-state index in [1.807, 2.05) is 20.8 Å². The first kappa shape index (κ1) is 10.5. The fraction of sp³-hybridized carbons (Fsp3) is 0.818. The summed E-state index contributed by atoms with van der Waals surface area (Å²) in [7, 11) is 0. The van der Waals surface area contributed by atoms with Gasteiger partial charge in [-0.2, -0.15) is 0 Å². The van der Waals surface area contributed by atoms with Crippen LogP contribution in [0.5, 0.6) is 0 Å². The van der Waals surface area contributed by atoms with Gasteiger partial charge in [0.25, 0.3) is 0 Å². The van der Waals surface area contributed by atoms with Crippen LogP contribution in [0.3, 0.4) is 0 Å². The molecule has 1 amide bonds. The minimum atomic E-state index is -0.861. The summed E-state index contributed by atoms with van der Waals surface area (Å²) in [6.07, 6.45) is 1.63. The van der Waals surface area contributed by atoms with Gasteiger partial charge in [-0.1, -0.05) is 20.8 Å². The number of carbonyl (C=O) groups is 2. The number of hydrogen-bond acceptors (Lipinski definition) is 2. The van der Waals surface area contributed by atoms with E-state index in [4.69, 9.17) is 5.11 Å². The van der Waals surface area contributed by atoms with Gasteiger partial charge < -0.3 is 10.0 Å². The largest absolute Gasteiger partial charge is 0.480 e. The topological polar surface area (TPSA) is 57.6 Å². The molecular formula is C11H17NO3. The highest BCUT2D eigenvalue weighted by Gasteiger charge is 2.57. The maximum Gasteiger partial charge on any atom is 0.326 e. The van der Waals surface area contributed by atoms with Crippen LogP contribution in [-0.4, -0.2) is 34.0 Å². The molecule has 15 heavy (non-hydrogen) atoms. The summed E-state index contributed by atoms with van der Waals surface area (Å²) in [6.45, 7) is 5.51. The Kier molecular flexibility index (Phi) is 2.07. The van der Waals surface area contributed by atoms with E-state index in [9.17, 15) is 9.59 Å². The number of fused-ring (bicyclic) bond motifs is 1. The summed E-state index contributed by atoms with van der Waals surface area (Å²) < 4.78 is 0. The van der Waals surface area contributed by atoms with Crippen LogP contribution in [0, 0.1) is 11.3 Å². The lowest BCUT2D eigenvalue weighted by atomic mass is 9.94. The highest BCUT2D eigenvalue weighted by molar-refractivity contribution is 5.88. The molecule has 2 rings (SSSR count). The molecule has 84 valence electrons. The molecule has 0 unspecified atom stereocenters. The number of nitrogens with zero attached hydrogens (tertiary/aromatic N) is 1. The van der Waals surface area contributed by atoms with Crippen molar-refractivity contribution in [3.8, 4) is 0 Å². The first-order valence-electron chi connectivity index (χ1n) is 5.38. The third kappa shape index (κ3) is 1.62. The SMILES string of the molecule is CC(C)(C)C(=O)N1[C@@H](C(=O)O)C[C@H]2C[C@H]21. The second kappa shape index (κ2) is 2.97. The van der Waals surface area contributed by atoms with E-state index in [0.29, 0.717) is 12.3 Å². The fourth-order valence-corrected chi connectivity index (χ4v) is 2.36. The Morgan fingerprint density at radius 2 is 1.87 bits per heavy atom. The summed E-state index contributed by atoms with van der Waals surface area (Å²) >= 11 is 0. The molecule has 1 saturated carbocycles. The summed E-state index contributed by atoms with van der Waals surface area (Å²) in [6, 6.07) is -0.377. The third-order valence-corrected chi connectivity index (χ3v) is 3.27. The Labute approximate surface area is 89.3 Å². The Balaban J connectivity index is 2.19. The van der Waals surface area contributed by atoms with Crippen molar-refractivity contribution in [2.45, 2.75) is 45.7 Å². The van der Waals surface area contributed by atoms with Gasteiger partial charge in [-0.25, -0.2) is 4.79 Å². The van der Waals surface area contributed by atoms with Gasteiger partial charge >= 0.3 is 5.97 Å². The van der Waals surface area contributed by atoms with Crippen LogP contribution in [0.2, 0.25) is 0 Å². The zero-order valence-corrected chi connectivity index (χ0v) is 9.36. The molecule has 4 heteroatoms. The number of likely N-dealkylation sites (tertiary alicyclic amines) is 1. The Bertz CT molecular complexity index is 318. The summed E-state index contributed by atoms with van der Waals surface area (Å²) in [5.41, 5.74) is -0.481. The van der Waals surface area contributed by atoms with Gasteiger partial charge in [0.05, 0.1) is 0 Å². The molecule has 1 aliphatic carbocycles. The minimum absolute atomic E-state index is 0.0279. The zero-order valence-electron chi connectivity index (χ0n) is 9.36. The quantitative estimate of drug-likeness (QED) is 0.706. The van der Waals surface area contributed by atoms with Gasteiger partial charge in [-0.05, 0) is 18.8 Å². The van der Waals surface area contributed by atoms with E-state index in [0.717, 1.165) is 6.42 Å². The molecule has 1 heterocycles. The van der Waals surface area contributed by atoms with Gasteiger partial charge in [-0.15, -0.1) is 0 Å². The molecule has 0 bridgehead atoms. The molecule has 2 fully saturated rings. The predicted molar refractivity (Wildman–Crippen MR) is 54.2 cm³/mol. The van der Waals surface area contributed by atoms with Gasteiger partial charge in [0.15, 0.2) is 0 Å². The number of rotatable bonds is 1. The predicted octanol–water partition coefficient (Wildman–Crippen LogP) is 1.11. The molecule has 1 N–H and O–H groups in total. The molecule has 0 aromatic heterocycles. The monoisotopic (exact) mass is 211 g/mol. The van der Waals surface area contributed by atoms with E-state index in [1.165, 1.54) is 0 Å². The molecule has 0 spiro atoms. The highest BCUT2D eigenvalue weighted by atomic mass is 16.4. The summed E-state index contributed by atoms with van der Waals surface area (Å²) in [5, 5.41) is 9.04. The normalized spacial score (nSPS) is 33.8. The van der Waals surface area contributed by atoms with Crippen LogP contribution in [0.1, 0.15) is 33.6 Å². The maximum atomic E-state index is 12.1. The van der Waals surface area contributed by atoms with Crippen molar-refractivity contribution in [3.05, 3.63) is 0 Å². The number of hydrogen-bond donors (Lipinski definition) is 1. The molecule has 0 radical (unpaired) electrons. The number of carboxylic acid groups (broad SMARTS) is 1. The lowest BCUT2D eigenvalue weighted by Gasteiger charge is -2.30. The molecular weight excluding hydrogens is 194 g/mol. The van der Waals surface area contributed by atoms with E-state index in [-0.39, 0.29) is 11.9 Å². The third-order valence-electron chi connectivity index (χ3n) is 3.27. The van der Waals surface area contributed by atoms with Crippen LogP contribution in [-0.2, 0) is 9.59 Å². The summed E-state index contributed by atoms with van der Waals surface area (Å²) in [5.74, 6) is -0.447. The highest BCUT2D eigenvalue weighted by Crippen LogP contribution is 2.49. The first-order valence-corrected chi connectivity index (χ1v) is 5.38. The smallest absolute Gasteiger partial charge is 0.326 e. The van der Waals surface area contributed by atoms with E-state index in [2.05, 4.69) is 0 Å². The Morgan fingerprint density at radius 1 is 1.27 bits per heavy atom. The molecule has 1 saturated heterocycles. The van der Waals surface area contributed by atoms with Gasteiger partial charge in [0.1, 0.15) is 6.04 Å². The van der Waals surface area contributed by atoms with E-state index >= 15 is 0 Å². The van der Waals surface area contributed by atoms with Gasteiger partial charge in [0.2, 0.25) is 5.91 Å². The maximum absolute atomic E-state index is 12.1. The van der Waals surface area contributed by atoms with Crippen molar-refractivity contribution < 1.29 is 14.7 Å². The number of carboxylic acids is 1. The Hall–Kier alpha value is -1.06. The minimum Gasteiger partial charge on any atom is -0.480 e. The lowest BCUT2D eigenvalue weighted by Crippen LogP contribution is -2.47. The van der Waals surface area contributed by atoms with Crippen LogP contribution in [0.25, 0.3) is 0 Å². The van der Waals surface area contributed by atoms with Crippen molar-refractivity contribution >= 4 is 11.9 Å². The average molecular weight is 211 g/mol. The average Bonchev–Trinajstić information content (AvgIpc) is 2.75. The van der Waals surface area contributed by atoms with Crippen molar-refractivity contribution in [1.29, 1.82) is 0 Å². The summed E-state index contributed by atoms with van der Waals surface area (Å²) in [4.78, 5) is 24.7. The first-order chi connectivity index (χ1) is 6.82. The lowest BCUT2D eigenvalue weighted by molar-refractivity contribution is -0.153. The number of piperidine rings is 1. The van der Waals surface area contributed by atoms with Crippen LogP contribution < -0.4 is 0 Å². The van der Waals surface area contributed by atoms with Crippen molar-refractivity contribution in [2.24, 2.45) is 11.3 Å². The van der Waals surface area contributed by atoms with Crippen LogP contribution >= 0.6 is 0 Å². The molecule has 4 nitrogen and oxygen atoms in total. The molecule has 1 aliphatic heterocycles. The second-order valence-corrected chi connectivity index (χ2v) is 5.62. The Morgan fingerprint density at radius 3 is 2.33 bits per heavy atom. The molecule has 2 aliphatic rings. The number of carbonyl (C=O) groups excluding carboxylic acids is 1.